The zero-order valence-corrected chi connectivity index (χ0v) is 5.84. The average molecular weight is 180 g/mol. The van der Waals surface area contributed by atoms with Crippen LogP contribution in [-0.2, 0) is 0 Å². The van der Waals surface area contributed by atoms with Crippen LogP contribution in [0.1, 0.15) is 9.68 Å². The summed E-state index contributed by atoms with van der Waals surface area (Å²) in [6.07, 6.45) is 0. The summed E-state index contributed by atoms with van der Waals surface area (Å²) in [7, 11) is 0. The molecule has 0 atom stereocenters. The molecule has 0 radical (unpaired) electrons. The summed E-state index contributed by atoms with van der Waals surface area (Å²) in [5.74, 6) is 0. The third-order valence-corrected chi connectivity index (χ3v) is 2.30. The molecule has 38 valence electrons. The van der Waals surface area contributed by atoms with Crippen LogP contribution in [0.15, 0.2) is 15.2 Å². The van der Waals surface area contributed by atoms with Gasteiger partial charge in [-0.15, -0.1) is 11.3 Å². The van der Waals surface area contributed by atoms with Crippen LogP contribution in [-0.4, -0.2) is 0 Å². The van der Waals surface area contributed by atoms with Gasteiger partial charge in [-0.3, -0.25) is 0 Å². The van der Waals surface area contributed by atoms with Gasteiger partial charge in [0.15, 0.2) is 0 Å². The molecule has 0 amide bonds. The van der Waals surface area contributed by atoms with E-state index in [0.29, 0.717) is 9.35 Å². The van der Waals surface area contributed by atoms with Crippen molar-refractivity contribution in [1.29, 1.82) is 0 Å². The molecular weight excluding hydrogens is 172 g/mol. The second-order valence-corrected chi connectivity index (χ2v) is 3.34. The van der Waals surface area contributed by atoms with Gasteiger partial charge < -0.3 is 0 Å². The fourth-order valence-electron chi connectivity index (χ4n) is 0.291. The molecule has 0 aliphatic rings. The second kappa shape index (κ2) is 1.97. The Hall–Kier alpha value is 0.180. The van der Waals surface area contributed by atoms with Gasteiger partial charge in [-0.05, 0) is 39.8 Å². The molecule has 0 aliphatic heterocycles. The highest BCUT2D eigenvalue weighted by Gasteiger charge is 1.89. The van der Waals surface area contributed by atoms with Crippen LogP contribution in [0.25, 0.3) is 0 Å². The largest absolute Gasteiger partial charge is 0.137 e. The molecule has 0 N–H and O–H groups in total. The number of aryl methyl sites for hydroxylation is 1. The molecule has 0 aromatic carbocycles. The van der Waals surface area contributed by atoms with Gasteiger partial charge in [-0.1, -0.05) is 0 Å². The number of rotatable bonds is 0. The first kappa shape index (κ1) is 2.65. The molecule has 1 rings (SSSR count). The molecule has 7 heavy (non-hydrogen) atoms. The minimum absolute atomic E-state index is 0.400. The van der Waals surface area contributed by atoms with E-state index in [1.165, 1.54) is 11.3 Å². The van der Waals surface area contributed by atoms with E-state index in [4.69, 9.17) is 4.11 Å². The van der Waals surface area contributed by atoms with Crippen molar-refractivity contribution in [2.24, 2.45) is 0 Å². The first-order valence-corrected chi connectivity index (χ1v) is 3.42. The van der Waals surface area contributed by atoms with Crippen LogP contribution in [0.3, 0.4) is 0 Å². The quantitative estimate of drug-likeness (QED) is 0.575. The van der Waals surface area contributed by atoms with Gasteiger partial charge >= 0.3 is 0 Å². The summed E-state index contributed by atoms with van der Waals surface area (Å²) in [5, 5.41) is 1.76. The SMILES string of the molecule is [2H]C([2H])([2H])c1ccsc1Br. The summed E-state index contributed by atoms with van der Waals surface area (Å²) >= 11 is 4.55. The Balaban J connectivity index is 3.05. The second-order valence-electron chi connectivity index (χ2n) is 1.11. The third kappa shape index (κ3) is 1.04. The van der Waals surface area contributed by atoms with Crippen molar-refractivity contribution >= 4 is 27.3 Å². The van der Waals surface area contributed by atoms with E-state index >= 15 is 0 Å². The molecule has 0 saturated carbocycles. The van der Waals surface area contributed by atoms with E-state index < -0.39 is 6.85 Å². The fraction of sp³-hybridized carbons (Fsp3) is 0.200. The minimum atomic E-state index is -1.97. The lowest BCUT2D eigenvalue weighted by molar-refractivity contribution is 1.53. The van der Waals surface area contributed by atoms with Crippen molar-refractivity contribution in [2.75, 3.05) is 0 Å². The highest BCUT2D eigenvalue weighted by Crippen LogP contribution is 2.21. The van der Waals surface area contributed by atoms with Crippen molar-refractivity contribution in [1.82, 2.24) is 0 Å². The van der Waals surface area contributed by atoms with Crippen molar-refractivity contribution in [3.8, 4) is 0 Å². The Morgan fingerprint density at radius 3 is 3.14 bits per heavy atom. The Kier molecular flexibility index (Phi) is 0.744. The van der Waals surface area contributed by atoms with E-state index in [-0.39, 0.29) is 0 Å². The minimum Gasteiger partial charge on any atom is -0.137 e. The lowest BCUT2D eigenvalue weighted by Crippen LogP contribution is -1.55. The molecule has 1 heterocycles. The smallest absolute Gasteiger partial charge is 0.0727 e. The van der Waals surface area contributed by atoms with Crippen LogP contribution < -0.4 is 0 Å². The third-order valence-electron chi connectivity index (χ3n) is 0.618. The molecule has 2 heteroatoms. The van der Waals surface area contributed by atoms with Gasteiger partial charge in [0.05, 0.1) is 3.79 Å². The Bertz CT molecular complexity index is 227. The normalized spacial score (nSPS) is 17.6. The molecule has 0 unspecified atom stereocenters. The van der Waals surface area contributed by atoms with Crippen LogP contribution in [0, 0.1) is 6.85 Å². The van der Waals surface area contributed by atoms with E-state index in [1.54, 1.807) is 11.4 Å². The first-order chi connectivity index (χ1) is 4.52. The van der Waals surface area contributed by atoms with Crippen LogP contribution in [0.4, 0.5) is 0 Å². The molecule has 0 spiro atoms. The number of halogens is 1. The summed E-state index contributed by atoms with van der Waals surface area (Å²) in [5.41, 5.74) is 0.400. The van der Waals surface area contributed by atoms with E-state index in [2.05, 4.69) is 15.9 Å². The first-order valence-electron chi connectivity index (χ1n) is 3.25. The molecule has 0 saturated heterocycles. The molecular formula is C5H5BrS. The Labute approximate surface area is 59.5 Å². The summed E-state index contributed by atoms with van der Waals surface area (Å²) in [4.78, 5) is 0. The number of hydrogen-bond donors (Lipinski definition) is 0. The summed E-state index contributed by atoms with van der Waals surface area (Å²) < 4.78 is 21.8. The number of thiophene rings is 1. The highest BCUT2D eigenvalue weighted by molar-refractivity contribution is 9.11. The predicted molar refractivity (Wildman–Crippen MR) is 36.8 cm³/mol. The van der Waals surface area contributed by atoms with Crippen molar-refractivity contribution in [3.63, 3.8) is 0 Å². The summed E-state index contributed by atoms with van der Waals surface area (Å²) in [6.45, 7) is -1.97. The lowest BCUT2D eigenvalue weighted by atomic mass is 10.4. The van der Waals surface area contributed by atoms with Gasteiger partial charge in [0, 0.05) is 4.11 Å². The zero-order chi connectivity index (χ0) is 7.78. The van der Waals surface area contributed by atoms with Crippen molar-refractivity contribution in [2.45, 2.75) is 6.85 Å². The predicted octanol–water partition coefficient (Wildman–Crippen LogP) is 2.82. The van der Waals surface area contributed by atoms with Gasteiger partial charge in [0.2, 0.25) is 0 Å². The van der Waals surface area contributed by atoms with E-state index in [1.807, 2.05) is 0 Å². The maximum absolute atomic E-state index is 7.04. The molecule has 1 aromatic rings. The molecule has 0 nitrogen and oxygen atoms in total. The maximum atomic E-state index is 7.04. The zero-order valence-electron chi connectivity index (χ0n) is 6.44. The van der Waals surface area contributed by atoms with E-state index in [9.17, 15) is 0 Å². The van der Waals surface area contributed by atoms with Gasteiger partial charge in [0.25, 0.3) is 0 Å². The fourth-order valence-corrected chi connectivity index (χ4v) is 1.27. The van der Waals surface area contributed by atoms with E-state index in [0.717, 1.165) is 0 Å². The van der Waals surface area contributed by atoms with Crippen LogP contribution >= 0.6 is 27.3 Å². The van der Waals surface area contributed by atoms with Crippen molar-refractivity contribution < 1.29 is 4.11 Å². The topological polar surface area (TPSA) is 0 Å². The standard InChI is InChI=1S/C5H5BrS/c1-4-2-3-7-5(4)6/h2-3H,1H3/i1D3. The van der Waals surface area contributed by atoms with Crippen LogP contribution in [0.5, 0.6) is 0 Å². The lowest BCUT2D eigenvalue weighted by Gasteiger charge is -1.77. The molecule has 1 aromatic heterocycles. The Morgan fingerprint density at radius 2 is 2.86 bits per heavy atom. The van der Waals surface area contributed by atoms with Gasteiger partial charge in [-0.2, -0.15) is 0 Å². The molecule has 0 bridgehead atoms. The van der Waals surface area contributed by atoms with Gasteiger partial charge in [-0.25, -0.2) is 0 Å². The molecule has 0 fully saturated rings. The molecule has 0 aliphatic carbocycles. The Morgan fingerprint density at radius 1 is 2.00 bits per heavy atom. The summed E-state index contributed by atoms with van der Waals surface area (Å²) in [6, 6.07) is 1.61. The van der Waals surface area contributed by atoms with Gasteiger partial charge in [0.1, 0.15) is 0 Å². The number of hydrogen-bond acceptors (Lipinski definition) is 1. The maximum Gasteiger partial charge on any atom is 0.0727 e. The van der Waals surface area contributed by atoms with Crippen molar-refractivity contribution in [3.05, 3.63) is 20.8 Å². The monoisotopic (exact) mass is 179 g/mol. The highest BCUT2D eigenvalue weighted by atomic mass is 79.9. The van der Waals surface area contributed by atoms with Crippen LogP contribution in [0.2, 0.25) is 0 Å². The average Bonchev–Trinajstić information content (AvgIpc) is 2.11.